The summed E-state index contributed by atoms with van der Waals surface area (Å²) in [4.78, 5) is 20.3. The maximum absolute atomic E-state index is 5.32. The van der Waals surface area contributed by atoms with E-state index < -0.39 is 0 Å². The highest BCUT2D eigenvalue weighted by Crippen LogP contribution is 2.31. The topological polar surface area (TPSA) is 80.8 Å². The molecule has 0 bridgehead atoms. The van der Waals surface area contributed by atoms with Crippen molar-refractivity contribution in [3.8, 4) is 11.3 Å². The average Bonchev–Trinajstić information content (AvgIpc) is 3.01. The quantitative estimate of drug-likeness (QED) is 0.703. The zero-order valence-corrected chi connectivity index (χ0v) is 16.0. The molecule has 3 aromatic rings. The lowest BCUT2D eigenvalue weighted by Crippen LogP contribution is -2.33. The molecule has 0 spiro atoms. The molecular weight excluding hydrogens is 340 g/mol. The molecule has 0 atom stereocenters. The Bertz CT molecular complexity index is 896. The molecule has 0 aliphatic carbocycles. The summed E-state index contributed by atoms with van der Waals surface area (Å²) >= 11 is 0. The van der Waals surface area contributed by atoms with Crippen LogP contribution in [0.1, 0.15) is 47.4 Å². The van der Waals surface area contributed by atoms with Crippen LogP contribution < -0.4 is 0 Å². The summed E-state index contributed by atoms with van der Waals surface area (Å²) in [6, 6.07) is 2.11. The predicted octanol–water partition coefficient (Wildman–Crippen LogP) is 3.23. The van der Waals surface area contributed by atoms with Gasteiger partial charge in [0.1, 0.15) is 11.6 Å². The molecule has 0 N–H and O–H groups in total. The largest absolute Gasteiger partial charge is 0.361 e. The number of aryl methyl sites for hydroxylation is 3. The van der Waals surface area contributed by atoms with Gasteiger partial charge in [0.05, 0.1) is 22.6 Å². The summed E-state index contributed by atoms with van der Waals surface area (Å²) in [6.45, 7) is 8.75. The molecule has 1 aliphatic rings. The second kappa shape index (κ2) is 7.52. The van der Waals surface area contributed by atoms with Gasteiger partial charge >= 0.3 is 0 Å². The minimum Gasteiger partial charge on any atom is -0.361 e. The standard InChI is InChI=1S/C20H24N6O/c1-13-20(14(2)27-25-13)19-10-18(23-15(3)24-19)16-4-8-26(9-5-16)12-17-11-21-6-7-22-17/h6-7,10-11,16H,4-5,8-9,12H2,1-3H3. The highest BCUT2D eigenvalue weighted by Gasteiger charge is 2.24. The third-order valence-electron chi connectivity index (χ3n) is 5.16. The molecule has 4 rings (SSSR count). The van der Waals surface area contributed by atoms with Crippen LogP contribution in [0.5, 0.6) is 0 Å². The highest BCUT2D eigenvalue weighted by molar-refractivity contribution is 5.64. The monoisotopic (exact) mass is 364 g/mol. The van der Waals surface area contributed by atoms with Crippen LogP contribution in [-0.2, 0) is 6.54 Å². The maximum atomic E-state index is 5.32. The first-order valence-electron chi connectivity index (χ1n) is 9.36. The molecule has 7 nitrogen and oxygen atoms in total. The van der Waals surface area contributed by atoms with Crippen LogP contribution in [-0.4, -0.2) is 43.1 Å². The van der Waals surface area contributed by atoms with E-state index in [9.17, 15) is 0 Å². The number of rotatable bonds is 4. The van der Waals surface area contributed by atoms with Gasteiger partial charge in [0.15, 0.2) is 0 Å². The Morgan fingerprint density at radius 1 is 1.11 bits per heavy atom. The predicted molar refractivity (Wildman–Crippen MR) is 101 cm³/mol. The number of nitrogens with zero attached hydrogens (tertiary/aromatic N) is 6. The molecule has 0 aromatic carbocycles. The van der Waals surface area contributed by atoms with Crippen molar-refractivity contribution in [3.63, 3.8) is 0 Å². The minimum atomic E-state index is 0.448. The summed E-state index contributed by atoms with van der Waals surface area (Å²) in [5, 5.41) is 4.06. The van der Waals surface area contributed by atoms with Crippen molar-refractivity contribution in [2.45, 2.75) is 46.1 Å². The Morgan fingerprint density at radius 2 is 1.93 bits per heavy atom. The van der Waals surface area contributed by atoms with E-state index >= 15 is 0 Å². The summed E-state index contributed by atoms with van der Waals surface area (Å²) in [6.07, 6.45) is 7.47. The third kappa shape index (κ3) is 3.88. The van der Waals surface area contributed by atoms with Crippen LogP contribution in [0.2, 0.25) is 0 Å². The first kappa shape index (κ1) is 17.7. The van der Waals surface area contributed by atoms with Crippen LogP contribution >= 0.6 is 0 Å². The van der Waals surface area contributed by atoms with Crippen molar-refractivity contribution >= 4 is 0 Å². The van der Waals surface area contributed by atoms with E-state index in [2.05, 4.69) is 31.1 Å². The number of aromatic nitrogens is 5. The number of hydrogen-bond acceptors (Lipinski definition) is 7. The molecule has 0 radical (unpaired) electrons. The van der Waals surface area contributed by atoms with Gasteiger partial charge in [0.25, 0.3) is 0 Å². The van der Waals surface area contributed by atoms with Gasteiger partial charge in [-0.3, -0.25) is 14.9 Å². The lowest BCUT2D eigenvalue weighted by atomic mass is 9.92. The van der Waals surface area contributed by atoms with E-state index in [0.717, 1.165) is 72.4 Å². The summed E-state index contributed by atoms with van der Waals surface area (Å²) in [7, 11) is 0. The van der Waals surface area contributed by atoms with Crippen molar-refractivity contribution in [1.82, 2.24) is 30.0 Å². The molecule has 3 aromatic heterocycles. The molecule has 0 amide bonds. The first-order valence-corrected chi connectivity index (χ1v) is 9.36. The Hall–Kier alpha value is -2.67. The third-order valence-corrected chi connectivity index (χ3v) is 5.16. The van der Waals surface area contributed by atoms with E-state index in [0.29, 0.717) is 5.92 Å². The Labute approximate surface area is 158 Å². The summed E-state index contributed by atoms with van der Waals surface area (Å²) < 4.78 is 5.32. The average molecular weight is 364 g/mol. The van der Waals surface area contributed by atoms with Gasteiger partial charge in [-0.05, 0) is 52.8 Å². The number of likely N-dealkylation sites (tertiary alicyclic amines) is 1. The van der Waals surface area contributed by atoms with Gasteiger partial charge in [-0.25, -0.2) is 9.97 Å². The maximum Gasteiger partial charge on any atom is 0.143 e. The van der Waals surface area contributed by atoms with Crippen molar-refractivity contribution in [1.29, 1.82) is 0 Å². The number of piperidine rings is 1. The molecule has 1 fully saturated rings. The Morgan fingerprint density at radius 3 is 2.59 bits per heavy atom. The second-order valence-electron chi connectivity index (χ2n) is 7.17. The van der Waals surface area contributed by atoms with Crippen LogP contribution in [0, 0.1) is 20.8 Å². The molecule has 0 unspecified atom stereocenters. The van der Waals surface area contributed by atoms with Crippen LogP contribution in [0.3, 0.4) is 0 Å². The van der Waals surface area contributed by atoms with Gasteiger partial charge in [-0.1, -0.05) is 5.16 Å². The zero-order chi connectivity index (χ0) is 18.8. The van der Waals surface area contributed by atoms with Gasteiger partial charge in [-0.15, -0.1) is 0 Å². The van der Waals surface area contributed by atoms with Gasteiger partial charge in [-0.2, -0.15) is 0 Å². The molecule has 140 valence electrons. The molecule has 1 saturated heterocycles. The molecule has 1 aliphatic heterocycles. The SMILES string of the molecule is Cc1nc(-c2c(C)noc2C)cc(C2CCN(Cc3cnccn3)CC2)n1. The smallest absolute Gasteiger partial charge is 0.143 e. The number of hydrogen-bond donors (Lipinski definition) is 0. The molecule has 7 heteroatoms. The van der Waals surface area contributed by atoms with Gasteiger partial charge in [0, 0.05) is 36.7 Å². The van der Waals surface area contributed by atoms with E-state index in [1.165, 1.54) is 0 Å². The molecule has 4 heterocycles. The molecule has 0 saturated carbocycles. The van der Waals surface area contributed by atoms with Crippen molar-refractivity contribution < 1.29 is 4.52 Å². The summed E-state index contributed by atoms with van der Waals surface area (Å²) in [5.74, 6) is 2.05. The van der Waals surface area contributed by atoms with Gasteiger partial charge in [0.2, 0.25) is 0 Å². The molecular formula is C20H24N6O. The first-order chi connectivity index (χ1) is 13.1. The van der Waals surface area contributed by atoms with Crippen LogP contribution in [0.4, 0.5) is 0 Å². The lowest BCUT2D eigenvalue weighted by Gasteiger charge is -2.31. The van der Waals surface area contributed by atoms with E-state index in [1.807, 2.05) is 27.0 Å². The fourth-order valence-corrected chi connectivity index (χ4v) is 3.80. The normalized spacial score (nSPS) is 16.0. The minimum absolute atomic E-state index is 0.448. The highest BCUT2D eigenvalue weighted by atomic mass is 16.5. The van der Waals surface area contributed by atoms with Crippen molar-refractivity contribution in [3.05, 3.63) is 53.3 Å². The Balaban J connectivity index is 1.48. The van der Waals surface area contributed by atoms with E-state index in [1.54, 1.807) is 12.4 Å². The van der Waals surface area contributed by atoms with Crippen LogP contribution in [0.25, 0.3) is 11.3 Å². The van der Waals surface area contributed by atoms with Crippen molar-refractivity contribution in [2.24, 2.45) is 0 Å². The Kier molecular flexibility index (Phi) is 4.94. The van der Waals surface area contributed by atoms with E-state index in [4.69, 9.17) is 9.51 Å². The fourth-order valence-electron chi connectivity index (χ4n) is 3.80. The molecule has 27 heavy (non-hydrogen) atoms. The van der Waals surface area contributed by atoms with Crippen molar-refractivity contribution in [2.75, 3.05) is 13.1 Å². The zero-order valence-electron chi connectivity index (χ0n) is 16.0. The van der Waals surface area contributed by atoms with Crippen LogP contribution in [0.15, 0.2) is 29.2 Å². The second-order valence-corrected chi connectivity index (χ2v) is 7.17. The summed E-state index contributed by atoms with van der Waals surface area (Å²) in [5.41, 5.74) is 4.92. The van der Waals surface area contributed by atoms with Gasteiger partial charge < -0.3 is 4.52 Å². The van der Waals surface area contributed by atoms with E-state index in [-0.39, 0.29) is 0 Å². The lowest BCUT2D eigenvalue weighted by molar-refractivity contribution is 0.201. The fraction of sp³-hybridized carbons (Fsp3) is 0.450.